The van der Waals surface area contributed by atoms with Crippen molar-refractivity contribution in [3.63, 3.8) is 0 Å². The molecule has 0 fully saturated rings. The summed E-state index contributed by atoms with van der Waals surface area (Å²) in [4.78, 5) is 25.9. The molecule has 3 rings (SSSR count). The number of benzene rings is 2. The van der Waals surface area contributed by atoms with Gasteiger partial charge in [0.15, 0.2) is 11.6 Å². The quantitative estimate of drug-likeness (QED) is 0.777. The highest BCUT2D eigenvalue weighted by Gasteiger charge is 2.52. The molecule has 0 saturated heterocycles. The Morgan fingerprint density at radius 1 is 0.857 bits per heavy atom. The molecule has 2 heteroatoms. The highest BCUT2D eigenvalue weighted by atomic mass is 16.2. The number of rotatable bonds is 2. The van der Waals surface area contributed by atoms with E-state index < -0.39 is 5.41 Å². The summed E-state index contributed by atoms with van der Waals surface area (Å²) in [6, 6.07) is 13.0. The lowest BCUT2D eigenvalue weighted by molar-refractivity contribution is 0.0789. The van der Waals surface area contributed by atoms with Crippen molar-refractivity contribution in [2.75, 3.05) is 0 Å². The largest absolute Gasteiger partial charge is 0.293 e. The second-order valence-corrected chi connectivity index (χ2v) is 5.76. The van der Waals surface area contributed by atoms with Crippen molar-refractivity contribution in [1.29, 1.82) is 0 Å². The van der Waals surface area contributed by atoms with Crippen molar-refractivity contribution in [1.82, 2.24) is 0 Å². The molecule has 1 aliphatic rings. The fourth-order valence-electron chi connectivity index (χ4n) is 3.24. The maximum absolute atomic E-state index is 12.9. The summed E-state index contributed by atoms with van der Waals surface area (Å²) < 4.78 is 0. The molecule has 0 heterocycles. The van der Waals surface area contributed by atoms with Gasteiger partial charge in [-0.25, -0.2) is 0 Å². The van der Waals surface area contributed by atoms with E-state index in [1.807, 2.05) is 51.1 Å². The van der Waals surface area contributed by atoms with Crippen LogP contribution in [0.15, 0.2) is 42.5 Å². The van der Waals surface area contributed by atoms with Gasteiger partial charge in [0.2, 0.25) is 0 Å². The van der Waals surface area contributed by atoms with Gasteiger partial charge in [-0.05, 0) is 37.0 Å². The highest BCUT2D eigenvalue weighted by Crippen LogP contribution is 2.42. The van der Waals surface area contributed by atoms with Crippen LogP contribution in [0.4, 0.5) is 0 Å². The number of Topliss-reactive ketones (excluding diaryl/α,β-unsaturated/α-hetero) is 2. The predicted octanol–water partition coefficient (Wildman–Crippen LogP) is 4.03. The van der Waals surface area contributed by atoms with E-state index in [9.17, 15) is 9.59 Å². The minimum atomic E-state index is -1.04. The second-order valence-electron chi connectivity index (χ2n) is 5.76. The number of aryl methyl sites for hydroxylation is 2. The van der Waals surface area contributed by atoms with Crippen LogP contribution in [0.3, 0.4) is 0 Å². The second kappa shape index (κ2) is 4.66. The lowest BCUT2D eigenvalue weighted by Crippen LogP contribution is -2.37. The van der Waals surface area contributed by atoms with Crippen molar-refractivity contribution >= 4 is 11.6 Å². The Kier molecular flexibility index (Phi) is 3.05. The Bertz CT molecular complexity index is 721. The molecule has 0 spiro atoms. The number of ketones is 2. The Hall–Kier alpha value is -2.22. The first-order valence-electron chi connectivity index (χ1n) is 7.28. The maximum Gasteiger partial charge on any atom is 0.181 e. The zero-order valence-electron chi connectivity index (χ0n) is 12.6. The third-order valence-electron chi connectivity index (χ3n) is 4.72. The van der Waals surface area contributed by atoms with E-state index in [4.69, 9.17) is 0 Å². The molecule has 2 nitrogen and oxygen atoms in total. The molecule has 0 radical (unpaired) electrons. The minimum absolute atomic E-state index is 0.0612. The van der Waals surface area contributed by atoms with E-state index in [-0.39, 0.29) is 11.6 Å². The van der Waals surface area contributed by atoms with Crippen LogP contribution in [0.5, 0.6) is 0 Å². The van der Waals surface area contributed by atoms with Gasteiger partial charge in [-0.2, -0.15) is 0 Å². The molecule has 2 aromatic rings. The van der Waals surface area contributed by atoms with E-state index in [0.29, 0.717) is 17.5 Å². The highest BCUT2D eigenvalue weighted by molar-refractivity contribution is 6.33. The molecule has 21 heavy (non-hydrogen) atoms. The molecule has 0 aliphatic heterocycles. The van der Waals surface area contributed by atoms with Crippen LogP contribution in [0.1, 0.15) is 50.8 Å². The van der Waals surface area contributed by atoms with Crippen LogP contribution in [0.25, 0.3) is 0 Å². The van der Waals surface area contributed by atoms with Gasteiger partial charge in [0.1, 0.15) is 5.41 Å². The minimum Gasteiger partial charge on any atom is -0.293 e. The third-order valence-corrected chi connectivity index (χ3v) is 4.72. The van der Waals surface area contributed by atoms with Crippen molar-refractivity contribution in [2.45, 2.75) is 32.6 Å². The molecule has 2 aromatic carbocycles. The van der Waals surface area contributed by atoms with Crippen molar-refractivity contribution in [2.24, 2.45) is 0 Å². The van der Waals surface area contributed by atoms with Crippen LogP contribution in [0.2, 0.25) is 0 Å². The Labute approximate surface area is 124 Å². The fraction of sp³-hybridized carbons (Fsp3) is 0.263. The van der Waals surface area contributed by atoms with E-state index in [1.165, 1.54) is 5.56 Å². The Morgan fingerprint density at radius 3 is 1.90 bits per heavy atom. The lowest BCUT2D eigenvalue weighted by Gasteiger charge is -2.25. The van der Waals surface area contributed by atoms with Gasteiger partial charge in [-0.1, -0.05) is 49.4 Å². The molecule has 0 N–H and O–H groups in total. The molecule has 106 valence electrons. The van der Waals surface area contributed by atoms with Gasteiger partial charge in [-0.3, -0.25) is 9.59 Å². The van der Waals surface area contributed by atoms with Crippen molar-refractivity contribution < 1.29 is 9.59 Å². The molecule has 0 unspecified atom stereocenters. The van der Waals surface area contributed by atoms with Crippen LogP contribution >= 0.6 is 0 Å². The smallest absolute Gasteiger partial charge is 0.181 e. The molecule has 0 saturated carbocycles. The molecule has 0 amide bonds. The molecular formula is C19H18O2. The monoisotopic (exact) mass is 278 g/mol. The zero-order chi connectivity index (χ0) is 15.2. The summed E-state index contributed by atoms with van der Waals surface area (Å²) >= 11 is 0. The first kappa shape index (κ1) is 13.7. The number of fused-ring (bicyclic) bond motifs is 1. The molecule has 1 aliphatic carbocycles. The van der Waals surface area contributed by atoms with E-state index >= 15 is 0 Å². The van der Waals surface area contributed by atoms with Gasteiger partial charge in [0, 0.05) is 11.1 Å². The van der Waals surface area contributed by atoms with E-state index in [0.717, 1.165) is 11.1 Å². The van der Waals surface area contributed by atoms with Gasteiger partial charge in [-0.15, -0.1) is 0 Å². The lowest BCUT2D eigenvalue weighted by atomic mass is 9.73. The molecule has 0 bridgehead atoms. The van der Waals surface area contributed by atoms with Crippen molar-refractivity contribution in [3.05, 3.63) is 70.3 Å². The standard InChI is InChI=1S/C19H18O2/c1-4-19(14-10-9-12(2)13(3)11-14)17(20)15-7-5-6-8-16(15)18(19)21/h5-11H,4H2,1-3H3. The van der Waals surface area contributed by atoms with Crippen molar-refractivity contribution in [3.8, 4) is 0 Å². The van der Waals surface area contributed by atoms with Gasteiger partial charge in [0.25, 0.3) is 0 Å². The van der Waals surface area contributed by atoms with Gasteiger partial charge in [0.05, 0.1) is 0 Å². The van der Waals surface area contributed by atoms with Gasteiger partial charge >= 0.3 is 0 Å². The predicted molar refractivity (Wildman–Crippen MR) is 83.0 cm³/mol. The Balaban J connectivity index is 2.25. The summed E-state index contributed by atoms with van der Waals surface area (Å²) in [6.07, 6.45) is 0.488. The van der Waals surface area contributed by atoms with Crippen LogP contribution in [-0.4, -0.2) is 11.6 Å². The van der Waals surface area contributed by atoms with E-state index in [2.05, 4.69) is 0 Å². The fourth-order valence-corrected chi connectivity index (χ4v) is 3.24. The summed E-state index contributed by atoms with van der Waals surface area (Å²) in [7, 11) is 0. The van der Waals surface area contributed by atoms with Gasteiger partial charge < -0.3 is 0 Å². The molecular weight excluding hydrogens is 260 g/mol. The maximum atomic E-state index is 12.9. The number of carbonyl (C=O) groups excluding carboxylic acids is 2. The normalized spacial score (nSPS) is 16.1. The SMILES string of the molecule is CCC1(c2ccc(C)c(C)c2)C(=O)c2ccccc2C1=O. The average molecular weight is 278 g/mol. The zero-order valence-corrected chi connectivity index (χ0v) is 12.6. The number of hydrogen-bond acceptors (Lipinski definition) is 2. The van der Waals surface area contributed by atoms with Crippen LogP contribution < -0.4 is 0 Å². The topological polar surface area (TPSA) is 34.1 Å². The number of carbonyl (C=O) groups is 2. The summed E-state index contributed by atoms with van der Waals surface area (Å²) in [5.41, 5.74) is 3.17. The third kappa shape index (κ3) is 1.72. The molecule has 0 aromatic heterocycles. The summed E-state index contributed by atoms with van der Waals surface area (Å²) in [5.74, 6) is -0.122. The van der Waals surface area contributed by atoms with Crippen LogP contribution in [0, 0.1) is 13.8 Å². The first-order chi connectivity index (χ1) is 10.0. The van der Waals surface area contributed by atoms with Crippen LogP contribution in [-0.2, 0) is 5.41 Å². The first-order valence-corrected chi connectivity index (χ1v) is 7.28. The average Bonchev–Trinajstić information content (AvgIpc) is 2.72. The van der Waals surface area contributed by atoms with E-state index in [1.54, 1.807) is 12.1 Å². The Morgan fingerprint density at radius 2 is 1.43 bits per heavy atom. The summed E-state index contributed by atoms with van der Waals surface area (Å²) in [6.45, 7) is 5.96. The molecule has 0 atom stereocenters. The summed E-state index contributed by atoms with van der Waals surface area (Å²) in [5, 5.41) is 0. The number of hydrogen-bond donors (Lipinski definition) is 0.